The van der Waals surface area contributed by atoms with Gasteiger partial charge in [0.25, 0.3) is 0 Å². The van der Waals surface area contributed by atoms with Crippen LogP contribution in [0.5, 0.6) is 0 Å². The molecular weight excluding hydrogens is 382 g/mol. The molecule has 1 saturated heterocycles. The van der Waals surface area contributed by atoms with Gasteiger partial charge >= 0.3 is 5.97 Å². The molecule has 0 spiro atoms. The highest BCUT2D eigenvalue weighted by Gasteiger charge is 2.29. The molecule has 0 saturated carbocycles. The predicted octanol–water partition coefficient (Wildman–Crippen LogP) is 1.97. The van der Waals surface area contributed by atoms with Crippen LogP contribution in [0.2, 0.25) is 0 Å². The quantitative estimate of drug-likeness (QED) is 0.676. The van der Waals surface area contributed by atoms with Gasteiger partial charge in [-0.2, -0.15) is 4.31 Å². The van der Waals surface area contributed by atoms with Crippen LogP contribution in [0.15, 0.2) is 33.7 Å². The van der Waals surface area contributed by atoms with Gasteiger partial charge in [-0.1, -0.05) is 5.16 Å². The summed E-state index contributed by atoms with van der Waals surface area (Å²) in [5, 5.41) is 3.97. The fourth-order valence-corrected chi connectivity index (χ4v) is 4.63. The van der Waals surface area contributed by atoms with Crippen molar-refractivity contribution in [2.24, 2.45) is 0 Å². The third-order valence-corrected chi connectivity index (χ3v) is 6.81. The first-order chi connectivity index (χ1) is 13.3. The number of ether oxygens (including phenoxy) is 1. The van der Waals surface area contributed by atoms with Crippen molar-refractivity contribution in [3.63, 3.8) is 0 Å². The Hall–Kier alpha value is -2.23. The van der Waals surface area contributed by atoms with Crippen molar-refractivity contribution in [1.82, 2.24) is 14.4 Å². The van der Waals surface area contributed by atoms with E-state index in [0.717, 1.165) is 17.0 Å². The van der Waals surface area contributed by atoms with E-state index >= 15 is 0 Å². The normalized spacial score (nSPS) is 16.2. The van der Waals surface area contributed by atoms with Crippen LogP contribution in [0.4, 0.5) is 0 Å². The zero-order chi connectivity index (χ0) is 20.3. The molecule has 1 aliphatic heterocycles. The summed E-state index contributed by atoms with van der Waals surface area (Å²) >= 11 is 0. The number of sulfonamides is 1. The standard InChI is InChI=1S/C19H25N3O5S/c1-4-26-19(23)16-5-7-17(8-6-16)28(24,25)22-11-9-21(10-12-22)13-18-14(2)20-27-15(18)3/h5-8H,4,9-13H2,1-3H3. The van der Waals surface area contributed by atoms with Crippen LogP contribution in [0.1, 0.15) is 34.3 Å². The number of piperazine rings is 1. The first-order valence-electron chi connectivity index (χ1n) is 9.24. The number of hydrogen-bond donors (Lipinski definition) is 0. The molecule has 1 aromatic heterocycles. The van der Waals surface area contributed by atoms with Crippen molar-refractivity contribution in [3.05, 3.63) is 46.8 Å². The third-order valence-electron chi connectivity index (χ3n) is 4.90. The first kappa shape index (κ1) is 20.5. The number of carbonyl (C=O) groups excluding carboxylic acids is 1. The molecular formula is C19H25N3O5S. The number of esters is 1. The van der Waals surface area contributed by atoms with E-state index in [-0.39, 0.29) is 11.5 Å². The molecule has 28 heavy (non-hydrogen) atoms. The lowest BCUT2D eigenvalue weighted by Crippen LogP contribution is -2.48. The Balaban J connectivity index is 1.63. The van der Waals surface area contributed by atoms with Crippen LogP contribution in [0, 0.1) is 13.8 Å². The second-order valence-corrected chi connectivity index (χ2v) is 8.67. The highest BCUT2D eigenvalue weighted by Crippen LogP contribution is 2.21. The summed E-state index contributed by atoms with van der Waals surface area (Å²) in [6.07, 6.45) is 0. The van der Waals surface area contributed by atoms with Crippen molar-refractivity contribution in [2.45, 2.75) is 32.2 Å². The van der Waals surface area contributed by atoms with Gasteiger partial charge in [0, 0.05) is 38.3 Å². The molecule has 2 heterocycles. The van der Waals surface area contributed by atoms with E-state index < -0.39 is 16.0 Å². The average Bonchev–Trinajstić information content (AvgIpc) is 3.01. The Morgan fingerprint density at radius 1 is 1.14 bits per heavy atom. The molecule has 0 unspecified atom stereocenters. The zero-order valence-electron chi connectivity index (χ0n) is 16.3. The highest BCUT2D eigenvalue weighted by atomic mass is 32.2. The summed E-state index contributed by atoms with van der Waals surface area (Å²) in [7, 11) is -3.59. The molecule has 0 radical (unpaired) electrons. The topological polar surface area (TPSA) is 93.0 Å². The van der Waals surface area contributed by atoms with Crippen LogP contribution in [0.3, 0.4) is 0 Å². The summed E-state index contributed by atoms with van der Waals surface area (Å²) in [5.41, 5.74) is 2.27. The van der Waals surface area contributed by atoms with E-state index in [4.69, 9.17) is 9.26 Å². The summed E-state index contributed by atoms with van der Waals surface area (Å²) < 4.78 is 37.4. The monoisotopic (exact) mass is 407 g/mol. The Morgan fingerprint density at radius 3 is 2.32 bits per heavy atom. The van der Waals surface area contributed by atoms with Gasteiger partial charge in [0.2, 0.25) is 10.0 Å². The van der Waals surface area contributed by atoms with E-state index in [9.17, 15) is 13.2 Å². The summed E-state index contributed by atoms with van der Waals surface area (Å²) in [6, 6.07) is 5.88. The third kappa shape index (κ3) is 4.26. The van der Waals surface area contributed by atoms with Crippen LogP contribution in [-0.2, 0) is 21.3 Å². The molecule has 8 nitrogen and oxygen atoms in total. The second-order valence-electron chi connectivity index (χ2n) is 6.73. The van der Waals surface area contributed by atoms with Crippen LogP contribution in [0.25, 0.3) is 0 Å². The fraction of sp³-hybridized carbons (Fsp3) is 0.474. The Morgan fingerprint density at radius 2 is 1.79 bits per heavy atom. The molecule has 3 rings (SSSR count). The Bertz CT molecular complexity index is 909. The van der Waals surface area contributed by atoms with E-state index in [1.807, 2.05) is 13.8 Å². The van der Waals surface area contributed by atoms with Crippen LogP contribution < -0.4 is 0 Å². The van der Waals surface area contributed by atoms with Crippen molar-refractivity contribution in [2.75, 3.05) is 32.8 Å². The predicted molar refractivity (Wildman–Crippen MR) is 102 cm³/mol. The molecule has 0 atom stereocenters. The number of carbonyl (C=O) groups is 1. The number of rotatable bonds is 6. The minimum absolute atomic E-state index is 0.180. The molecule has 0 N–H and O–H groups in total. The lowest BCUT2D eigenvalue weighted by Gasteiger charge is -2.33. The molecule has 1 aliphatic rings. The Labute approximate surface area is 165 Å². The van der Waals surface area contributed by atoms with E-state index in [0.29, 0.717) is 38.3 Å². The maximum absolute atomic E-state index is 12.9. The molecule has 0 bridgehead atoms. The number of aryl methyl sites for hydroxylation is 2. The van der Waals surface area contributed by atoms with Crippen molar-refractivity contribution < 1.29 is 22.5 Å². The lowest BCUT2D eigenvalue weighted by molar-refractivity contribution is 0.0526. The van der Waals surface area contributed by atoms with Gasteiger partial charge in [-0.3, -0.25) is 4.90 Å². The van der Waals surface area contributed by atoms with Crippen molar-refractivity contribution in [1.29, 1.82) is 0 Å². The molecule has 0 amide bonds. The van der Waals surface area contributed by atoms with E-state index in [1.165, 1.54) is 28.6 Å². The van der Waals surface area contributed by atoms with Gasteiger partial charge in [0.15, 0.2) is 0 Å². The summed E-state index contributed by atoms with van der Waals surface area (Å²) in [5.74, 6) is 0.341. The molecule has 2 aromatic rings. The maximum Gasteiger partial charge on any atom is 0.338 e. The zero-order valence-corrected chi connectivity index (χ0v) is 17.2. The maximum atomic E-state index is 12.9. The molecule has 9 heteroatoms. The first-order valence-corrected chi connectivity index (χ1v) is 10.7. The number of benzene rings is 1. The van der Waals surface area contributed by atoms with Gasteiger partial charge in [-0.25, -0.2) is 13.2 Å². The number of aromatic nitrogens is 1. The molecule has 152 valence electrons. The second kappa shape index (κ2) is 8.42. The largest absolute Gasteiger partial charge is 0.462 e. The molecule has 1 aromatic carbocycles. The van der Waals surface area contributed by atoms with Gasteiger partial charge in [-0.05, 0) is 45.0 Å². The van der Waals surface area contributed by atoms with Gasteiger partial charge in [-0.15, -0.1) is 0 Å². The van der Waals surface area contributed by atoms with Crippen LogP contribution >= 0.6 is 0 Å². The lowest BCUT2D eigenvalue weighted by atomic mass is 10.2. The van der Waals surface area contributed by atoms with Gasteiger partial charge in [0.05, 0.1) is 22.8 Å². The molecule has 0 aliphatic carbocycles. The van der Waals surface area contributed by atoms with Gasteiger partial charge in [0.1, 0.15) is 5.76 Å². The van der Waals surface area contributed by atoms with E-state index in [1.54, 1.807) is 6.92 Å². The van der Waals surface area contributed by atoms with Gasteiger partial charge < -0.3 is 9.26 Å². The fourth-order valence-electron chi connectivity index (χ4n) is 3.21. The minimum Gasteiger partial charge on any atom is -0.462 e. The van der Waals surface area contributed by atoms with E-state index in [2.05, 4.69) is 10.1 Å². The van der Waals surface area contributed by atoms with Crippen molar-refractivity contribution in [3.8, 4) is 0 Å². The number of hydrogen-bond acceptors (Lipinski definition) is 7. The highest BCUT2D eigenvalue weighted by molar-refractivity contribution is 7.89. The SMILES string of the molecule is CCOC(=O)c1ccc(S(=O)(=O)N2CCN(Cc3c(C)noc3C)CC2)cc1. The van der Waals surface area contributed by atoms with Crippen LogP contribution in [-0.4, -0.2) is 61.5 Å². The molecule has 1 fully saturated rings. The minimum atomic E-state index is -3.59. The Kier molecular flexibility index (Phi) is 6.17. The average molecular weight is 407 g/mol. The summed E-state index contributed by atoms with van der Waals surface area (Å²) in [6.45, 7) is 8.57. The number of nitrogens with zero attached hydrogens (tertiary/aromatic N) is 3. The smallest absolute Gasteiger partial charge is 0.338 e. The van der Waals surface area contributed by atoms with Crippen molar-refractivity contribution >= 4 is 16.0 Å². The summed E-state index contributed by atoms with van der Waals surface area (Å²) in [4.78, 5) is 14.1.